The summed E-state index contributed by atoms with van der Waals surface area (Å²) < 4.78 is 7.85. The van der Waals surface area contributed by atoms with Crippen LogP contribution in [0.5, 0.6) is 0 Å². The molecular formula is C14H17N5O3. The van der Waals surface area contributed by atoms with Crippen molar-refractivity contribution < 1.29 is 9.84 Å². The third kappa shape index (κ3) is 1.68. The van der Waals surface area contributed by atoms with Crippen LogP contribution in [-0.4, -0.2) is 42.4 Å². The van der Waals surface area contributed by atoms with Gasteiger partial charge in [0.25, 0.3) is 5.56 Å². The van der Waals surface area contributed by atoms with Gasteiger partial charge in [-0.1, -0.05) is 6.58 Å². The lowest BCUT2D eigenvalue weighted by atomic mass is 10.1. The van der Waals surface area contributed by atoms with Gasteiger partial charge < -0.3 is 20.1 Å². The maximum absolute atomic E-state index is 11.8. The van der Waals surface area contributed by atoms with E-state index in [1.807, 2.05) is 4.57 Å². The van der Waals surface area contributed by atoms with Crippen molar-refractivity contribution in [2.24, 2.45) is 0 Å². The number of fused-ring (bicyclic) bond motifs is 1. The van der Waals surface area contributed by atoms with E-state index in [-0.39, 0.29) is 29.2 Å². The number of rotatable bonds is 2. The molecule has 2 aromatic heterocycles. The molecular weight excluding hydrogens is 286 g/mol. The van der Waals surface area contributed by atoms with Gasteiger partial charge in [0.1, 0.15) is 5.60 Å². The summed E-state index contributed by atoms with van der Waals surface area (Å²) in [5.41, 5.74) is 6.43. The van der Waals surface area contributed by atoms with Crippen LogP contribution in [0, 0.1) is 0 Å². The van der Waals surface area contributed by atoms with Gasteiger partial charge in [0.2, 0.25) is 5.95 Å². The molecule has 2 unspecified atom stereocenters. The number of H-pyrrole nitrogens is 1. The molecule has 1 saturated heterocycles. The molecule has 2 fully saturated rings. The normalized spacial score (nSPS) is 32.0. The molecule has 0 radical (unpaired) electrons. The maximum Gasteiger partial charge on any atom is 0.280 e. The van der Waals surface area contributed by atoms with Crippen molar-refractivity contribution in [1.82, 2.24) is 19.5 Å². The molecule has 116 valence electrons. The van der Waals surface area contributed by atoms with Gasteiger partial charge in [-0.15, -0.1) is 0 Å². The van der Waals surface area contributed by atoms with Crippen LogP contribution in [0.1, 0.15) is 25.8 Å². The molecule has 1 spiro atoms. The molecule has 3 heterocycles. The number of aliphatic hydroxyl groups excluding tert-OH is 1. The van der Waals surface area contributed by atoms with Gasteiger partial charge in [-0.05, 0) is 18.9 Å². The Morgan fingerprint density at radius 2 is 2.45 bits per heavy atom. The summed E-state index contributed by atoms with van der Waals surface area (Å²) in [6.45, 7) is 5.81. The summed E-state index contributed by atoms with van der Waals surface area (Å²) in [6.07, 6.45) is 2.16. The van der Waals surface area contributed by atoms with Crippen molar-refractivity contribution in [3.05, 3.63) is 28.8 Å². The SMILES string of the molecule is C=C1C[C@@H]([C@@H](C)O)OC12CC2n1cnc2c(=O)[nH]c(N)nc21. The summed E-state index contributed by atoms with van der Waals surface area (Å²) in [7, 11) is 0. The molecule has 2 aromatic rings. The summed E-state index contributed by atoms with van der Waals surface area (Å²) >= 11 is 0. The first-order valence-corrected chi connectivity index (χ1v) is 7.19. The number of hydrogen-bond acceptors (Lipinski definition) is 6. The lowest BCUT2D eigenvalue weighted by Gasteiger charge is -2.16. The highest BCUT2D eigenvalue weighted by Gasteiger charge is 2.63. The Morgan fingerprint density at radius 3 is 3.14 bits per heavy atom. The number of ether oxygens (including phenoxy) is 1. The largest absolute Gasteiger partial charge is 0.391 e. The molecule has 1 saturated carbocycles. The summed E-state index contributed by atoms with van der Waals surface area (Å²) in [6, 6.07) is -0.0255. The fourth-order valence-corrected chi connectivity index (χ4v) is 3.31. The lowest BCUT2D eigenvalue weighted by Crippen LogP contribution is -2.25. The van der Waals surface area contributed by atoms with E-state index in [1.165, 1.54) is 0 Å². The number of nitrogens with zero attached hydrogens (tertiary/aromatic N) is 3. The molecule has 8 nitrogen and oxygen atoms in total. The Morgan fingerprint density at radius 1 is 1.68 bits per heavy atom. The van der Waals surface area contributed by atoms with Crippen LogP contribution >= 0.6 is 0 Å². The highest BCUT2D eigenvalue weighted by Crippen LogP contribution is 2.61. The van der Waals surface area contributed by atoms with Crippen LogP contribution < -0.4 is 11.3 Å². The molecule has 1 aliphatic carbocycles. The molecule has 4 atom stereocenters. The Kier molecular flexibility index (Phi) is 2.56. The maximum atomic E-state index is 11.8. The van der Waals surface area contributed by atoms with Gasteiger partial charge in [0.15, 0.2) is 11.2 Å². The van der Waals surface area contributed by atoms with Gasteiger partial charge in [-0.25, -0.2) is 4.98 Å². The van der Waals surface area contributed by atoms with Gasteiger partial charge in [0.05, 0.1) is 24.6 Å². The van der Waals surface area contributed by atoms with Gasteiger partial charge in [-0.2, -0.15) is 4.98 Å². The number of nitrogen functional groups attached to an aromatic ring is 1. The Labute approximate surface area is 125 Å². The Hall–Kier alpha value is -2.19. The van der Waals surface area contributed by atoms with Crippen LogP contribution in [0.3, 0.4) is 0 Å². The van der Waals surface area contributed by atoms with Gasteiger partial charge in [0, 0.05) is 6.42 Å². The molecule has 0 bridgehead atoms. The second kappa shape index (κ2) is 4.17. The monoisotopic (exact) mass is 303 g/mol. The number of aromatic nitrogens is 4. The molecule has 4 N–H and O–H groups in total. The third-order valence-electron chi connectivity index (χ3n) is 4.61. The quantitative estimate of drug-likeness (QED) is 0.678. The van der Waals surface area contributed by atoms with Gasteiger partial charge in [-0.3, -0.25) is 9.78 Å². The number of imidazole rings is 1. The predicted molar refractivity (Wildman–Crippen MR) is 79.3 cm³/mol. The van der Waals surface area contributed by atoms with Crippen molar-refractivity contribution in [3.8, 4) is 0 Å². The molecule has 0 aromatic carbocycles. The first kappa shape index (κ1) is 13.5. The molecule has 1 aliphatic heterocycles. The minimum atomic E-state index is -0.548. The zero-order valence-corrected chi connectivity index (χ0v) is 12.1. The molecule has 4 rings (SSSR count). The van der Waals surface area contributed by atoms with E-state index in [9.17, 15) is 9.90 Å². The van der Waals surface area contributed by atoms with Crippen LogP contribution in [0.4, 0.5) is 5.95 Å². The second-order valence-corrected chi connectivity index (χ2v) is 6.09. The number of aliphatic hydroxyl groups is 1. The molecule has 2 aliphatic rings. The topological polar surface area (TPSA) is 119 Å². The average molecular weight is 303 g/mol. The van der Waals surface area contributed by atoms with Crippen molar-refractivity contribution in [3.63, 3.8) is 0 Å². The van der Waals surface area contributed by atoms with Crippen molar-refractivity contribution in [2.75, 3.05) is 5.73 Å². The third-order valence-corrected chi connectivity index (χ3v) is 4.61. The average Bonchev–Trinajstić information content (AvgIpc) is 2.82. The molecule has 0 amide bonds. The fraction of sp³-hybridized carbons (Fsp3) is 0.500. The first-order valence-electron chi connectivity index (χ1n) is 7.19. The van der Waals surface area contributed by atoms with Crippen LogP contribution in [-0.2, 0) is 4.74 Å². The van der Waals surface area contributed by atoms with Crippen LogP contribution in [0.2, 0.25) is 0 Å². The Balaban J connectivity index is 1.74. The van der Waals surface area contributed by atoms with E-state index < -0.39 is 11.7 Å². The van der Waals surface area contributed by atoms with Crippen molar-refractivity contribution in [2.45, 2.75) is 43.6 Å². The second-order valence-electron chi connectivity index (χ2n) is 6.09. The lowest BCUT2D eigenvalue weighted by molar-refractivity contribution is -0.0383. The van der Waals surface area contributed by atoms with E-state index in [0.29, 0.717) is 12.1 Å². The number of aromatic amines is 1. The van der Waals surface area contributed by atoms with E-state index in [4.69, 9.17) is 10.5 Å². The van der Waals surface area contributed by atoms with E-state index in [1.54, 1.807) is 13.3 Å². The zero-order chi connectivity index (χ0) is 15.6. The smallest absolute Gasteiger partial charge is 0.280 e. The minimum absolute atomic E-state index is 0.0255. The van der Waals surface area contributed by atoms with Crippen molar-refractivity contribution >= 4 is 17.1 Å². The number of nitrogens with two attached hydrogens (primary N) is 1. The summed E-state index contributed by atoms with van der Waals surface area (Å²) in [4.78, 5) is 22.6. The zero-order valence-electron chi connectivity index (χ0n) is 12.1. The minimum Gasteiger partial charge on any atom is -0.391 e. The predicted octanol–water partition coefficient (Wildman–Crippen LogP) is 0.111. The standard InChI is InChI=1S/C14H17N5O3/c1-6-3-8(7(2)20)22-14(6)4-9(14)19-5-16-10-11(19)17-13(15)18-12(10)21/h5,7-9,20H,1,3-4H2,2H3,(H3,15,17,18,21)/t7-,8+,9?,14?/m1/s1. The van der Waals surface area contributed by atoms with E-state index in [2.05, 4.69) is 21.5 Å². The van der Waals surface area contributed by atoms with Crippen LogP contribution in [0.15, 0.2) is 23.3 Å². The molecule has 8 heteroatoms. The molecule has 22 heavy (non-hydrogen) atoms. The van der Waals surface area contributed by atoms with E-state index in [0.717, 1.165) is 12.0 Å². The van der Waals surface area contributed by atoms with E-state index >= 15 is 0 Å². The van der Waals surface area contributed by atoms with Crippen LogP contribution in [0.25, 0.3) is 11.2 Å². The highest BCUT2D eigenvalue weighted by atomic mass is 16.5. The number of nitrogens with one attached hydrogen (secondary N) is 1. The Bertz CT molecular complexity index is 839. The van der Waals surface area contributed by atoms with Crippen molar-refractivity contribution in [1.29, 1.82) is 0 Å². The number of hydrogen-bond donors (Lipinski definition) is 3. The number of anilines is 1. The summed E-state index contributed by atoms with van der Waals surface area (Å²) in [5.74, 6) is 0.0574. The first-order chi connectivity index (χ1) is 10.4. The fourth-order valence-electron chi connectivity index (χ4n) is 3.31. The van der Waals surface area contributed by atoms with Gasteiger partial charge >= 0.3 is 0 Å². The summed E-state index contributed by atoms with van der Waals surface area (Å²) in [5, 5.41) is 9.73. The highest BCUT2D eigenvalue weighted by molar-refractivity contribution is 5.71.